The van der Waals surface area contributed by atoms with Crippen LogP contribution in [0.5, 0.6) is 0 Å². The summed E-state index contributed by atoms with van der Waals surface area (Å²) in [5, 5.41) is 10.4. The van der Waals surface area contributed by atoms with Crippen LogP contribution in [0.4, 0.5) is 5.82 Å². The Bertz CT molecular complexity index is 1340. The summed E-state index contributed by atoms with van der Waals surface area (Å²) in [7, 11) is 2.04. The maximum atomic E-state index is 6.18. The monoisotopic (exact) mass is 501 g/mol. The zero-order valence-corrected chi connectivity index (χ0v) is 21.4. The molecule has 0 saturated carbocycles. The van der Waals surface area contributed by atoms with Crippen LogP contribution in [0, 0.1) is 0 Å². The zero-order chi connectivity index (χ0) is 24.9. The molecule has 0 spiro atoms. The number of hydrogen-bond donors (Lipinski definition) is 2. The summed E-state index contributed by atoms with van der Waals surface area (Å²) in [6.07, 6.45) is 3.93. The highest BCUT2D eigenvalue weighted by molar-refractivity contribution is 8.15. The molecule has 8 heteroatoms. The van der Waals surface area contributed by atoms with Crippen LogP contribution in [0.2, 0.25) is 0 Å². The van der Waals surface area contributed by atoms with Gasteiger partial charge in [0.05, 0.1) is 11.9 Å². The molecule has 1 aliphatic rings. The molecule has 3 heterocycles. The highest BCUT2D eigenvalue weighted by Crippen LogP contribution is 2.37. The molecule has 2 aromatic heterocycles. The van der Waals surface area contributed by atoms with Gasteiger partial charge in [-0.15, -0.1) is 0 Å². The standard InChI is InChI=1S/C28H31N5O2S/c1-3-36(23-12-14-34-15-13-23)22-10-8-21(9-11-22)25-18-31-28(29)27(32-25)26-16-24(33-35-26)20-6-4-19(5-7-20)17-30-2/h3-11,16,18,23,30H,12-15,17H2,1-2H3,(H2,29,31). The van der Waals surface area contributed by atoms with E-state index in [1.807, 2.05) is 25.2 Å². The van der Waals surface area contributed by atoms with Gasteiger partial charge in [-0.25, -0.2) is 9.97 Å². The largest absolute Gasteiger partial charge is 0.382 e. The summed E-state index contributed by atoms with van der Waals surface area (Å²) in [5.74, 6) is 0.804. The number of benzene rings is 2. The van der Waals surface area contributed by atoms with E-state index in [0.717, 1.165) is 55.1 Å². The number of ether oxygens (including phenoxy) is 1. The minimum Gasteiger partial charge on any atom is -0.382 e. The van der Waals surface area contributed by atoms with Crippen molar-refractivity contribution < 1.29 is 9.26 Å². The number of rotatable bonds is 7. The molecule has 0 aliphatic carbocycles. The zero-order valence-electron chi connectivity index (χ0n) is 20.6. The lowest BCUT2D eigenvalue weighted by Crippen LogP contribution is -2.19. The van der Waals surface area contributed by atoms with Crippen molar-refractivity contribution in [3.63, 3.8) is 0 Å². The fourth-order valence-electron chi connectivity index (χ4n) is 4.47. The molecule has 1 atom stereocenters. The van der Waals surface area contributed by atoms with E-state index in [1.54, 1.807) is 6.20 Å². The van der Waals surface area contributed by atoms with E-state index in [0.29, 0.717) is 22.5 Å². The highest BCUT2D eigenvalue weighted by atomic mass is 32.2. The van der Waals surface area contributed by atoms with Crippen LogP contribution < -0.4 is 11.1 Å². The Morgan fingerprint density at radius 2 is 1.72 bits per heavy atom. The van der Waals surface area contributed by atoms with Crippen molar-refractivity contribution >= 4 is 21.7 Å². The van der Waals surface area contributed by atoms with Crippen LogP contribution >= 0.6 is 10.5 Å². The smallest absolute Gasteiger partial charge is 0.189 e. The van der Waals surface area contributed by atoms with Gasteiger partial charge < -0.3 is 20.3 Å². The fraction of sp³-hybridized carbons (Fsp3) is 0.286. The summed E-state index contributed by atoms with van der Waals surface area (Å²) in [6, 6.07) is 18.7. The van der Waals surface area contributed by atoms with Gasteiger partial charge in [0, 0.05) is 47.1 Å². The quantitative estimate of drug-likeness (QED) is 0.327. The Balaban J connectivity index is 1.38. The normalized spacial score (nSPS) is 15.3. The number of anilines is 1. The van der Waals surface area contributed by atoms with Crippen molar-refractivity contribution in [2.75, 3.05) is 26.0 Å². The van der Waals surface area contributed by atoms with Crippen molar-refractivity contribution in [2.45, 2.75) is 36.5 Å². The predicted molar refractivity (Wildman–Crippen MR) is 147 cm³/mol. The number of nitrogens with zero attached hydrogens (tertiary/aromatic N) is 3. The topological polar surface area (TPSA) is 99.1 Å². The Morgan fingerprint density at radius 1 is 1.03 bits per heavy atom. The van der Waals surface area contributed by atoms with Gasteiger partial charge in [0.15, 0.2) is 17.3 Å². The van der Waals surface area contributed by atoms with Crippen molar-refractivity contribution in [1.29, 1.82) is 0 Å². The van der Waals surface area contributed by atoms with Crippen LogP contribution in [-0.2, 0) is 11.3 Å². The molecule has 5 rings (SSSR count). The van der Waals surface area contributed by atoms with Gasteiger partial charge in [0.2, 0.25) is 0 Å². The third kappa shape index (κ3) is 5.26. The van der Waals surface area contributed by atoms with Crippen molar-refractivity contribution in [2.24, 2.45) is 0 Å². The average Bonchev–Trinajstić information content (AvgIpc) is 3.41. The SMILES string of the molecule is C/C=S(\c1ccc(-c2cnc(N)c(-c3cc(-c4ccc(CNC)cc4)no3)n2)cc1)C1CCOCC1. The van der Waals surface area contributed by atoms with Crippen LogP contribution in [0.1, 0.15) is 25.3 Å². The van der Waals surface area contributed by atoms with E-state index in [2.05, 4.69) is 64.1 Å². The van der Waals surface area contributed by atoms with E-state index < -0.39 is 0 Å². The van der Waals surface area contributed by atoms with E-state index in [-0.39, 0.29) is 10.5 Å². The lowest BCUT2D eigenvalue weighted by Gasteiger charge is -2.26. The first-order valence-electron chi connectivity index (χ1n) is 12.2. The summed E-state index contributed by atoms with van der Waals surface area (Å²) in [5.41, 5.74) is 11.3. The molecule has 1 fully saturated rings. The molecule has 186 valence electrons. The minimum atomic E-state index is 0.110. The molecular formula is C28H31N5O2S. The molecule has 4 aromatic rings. The maximum Gasteiger partial charge on any atom is 0.189 e. The molecule has 1 unspecified atom stereocenters. The first kappa shape index (κ1) is 24.4. The van der Waals surface area contributed by atoms with Crippen LogP contribution in [0.25, 0.3) is 34.0 Å². The second-order valence-electron chi connectivity index (χ2n) is 8.74. The molecule has 36 heavy (non-hydrogen) atoms. The van der Waals surface area contributed by atoms with Crippen LogP contribution in [-0.4, -0.2) is 46.0 Å². The molecule has 1 aliphatic heterocycles. The fourth-order valence-corrected chi connectivity index (χ4v) is 6.67. The molecule has 1 saturated heterocycles. The second-order valence-corrected chi connectivity index (χ2v) is 11.1. The highest BCUT2D eigenvalue weighted by Gasteiger charge is 2.19. The van der Waals surface area contributed by atoms with Gasteiger partial charge in [0.1, 0.15) is 5.69 Å². The number of nitrogens with one attached hydrogen (secondary N) is 1. The molecule has 3 N–H and O–H groups in total. The molecule has 0 bridgehead atoms. The van der Waals surface area contributed by atoms with Gasteiger partial charge in [0.25, 0.3) is 0 Å². The molecule has 0 amide bonds. The number of nitrogen functional groups attached to an aromatic ring is 1. The lowest BCUT2D eigenvalue weighted by molar-refractivity contribution is 0.0999. The first-order valence-corrected chi connectivity index (χ1v) is 13.5. The van der Waals surface area contributed by atoms with Crippen LogP contribution in [0.15, 0.2) is 70.2 Å². The molecule has 0 radical (unpaired) electrons. The summed E-state index contributed by atoms with van der Waals surface area (Å²) < 4.78 is 11.2. The lowest BCUT2D eigenvalue weighted by atomic mass is 10.1. The average molecular weight is 502 g/mol. The molecule has 7 nitrogen and oxygen atoms in total. The Labute approximate surface area is 214 Å². The van der Waals surface area contributed by atoms with E-state index in [1.165, 1.54) is 10.5 Å². The predicted octanol–water partition coefficient (Wildman–Crippen LogP) is 5.40. The van der Waals surface area contributed by atoms with E-state index in [4.69, 9.17) is 20.0 Å². The summed E-state index contributed by atoms with van der Waals surface area (Å²) in [4.78, 5) is 10.5. The van der Waals surface area contributed by atoms with Crippen molar-refractivity contribution in [1.82, 2.24) is 20.4 Å². The number of aromatic nitrogens is 3. The van der Waals surface area contributed by atoms with Gasteiger partial charge in [-0.1, -0.05) is 46.9 Å². The third-order valence-electron chi connectivity index (χ3n) is 6.38. The van der Waals surface area contributed by atoms with E-state index >= 15 is 0 Å². The van der Waals surface area contributed by atoms with Gasteiger partial charge in [-0.2, -0.15) is 10.5 Å². The Hall–Kier alpha value is -3.33. The molecular weight excluding hydrogens is 470 g/mol. The van der Waals surface area contributed by atoms with Crippen molar-refractivity contribution in [3.8, 4) is 34.0 Å². The van der Waals surface area contributed by atoms with Crippen LogP contribution in [0.3, 0.4) is 0 Å². The van der Waals surface area contributed by atoms with E-state index in [9.17, 15) is 0 Å². The van der Waals surface area contributed by atoms with Crippen molar-refractivity contribution in [3.05, 3.63) is 66.4 Å². The van der Waals surface area contributed by atoms with Gasteiger partial charge in [-0.05, 0) is 44.5 Å². The van der Waals surface area contributed by atoms with Gasteiger partial charge in [-0.3, -0.25) is 0 Å². The van der Waals surface area contributed by atoms with Gasteiger partial charge >= 0.3 is 0 Å². The number of nitrogens with two attached hydrogens (primary N) is 1. The third-order valence-corrected chi connectivity index (χ3v) is 8.89. The Kier molecular flexibility index (Phi) is 7.55. The first-order chi connectivity index (χ1) is 17.7. The maximum absolute atomic E-state index is 6.18. The minimum absolute atomic E-state index is 0.110. The number of hydrogen-bond acceptors (Lipinski definition) is 7. The summed E-state index contributed by atoms with van der Waals surface area (Å²) >= 11 is 0. The second kappa shape index (κ2) is 11.2. The molecule has 2 aromatic carbocycles. The summed E-state index contributed by atoms with van der Waals surface area (Å²) in [6.45, 7) is 4.69. The Morgan fingerprint density at radius 3 is 2.42 bits per heavy atom.